The van der Waals surface area contributed by atoms with Gasteiger partial charge >= 0.3 is 0 Å². The molecule has 1 aliphatic carbocycles. The van der Waals surface area contributed by atoms with Gasteiger partial charge in [0.15, 0.2) is 0 Å². The molecule has 0 fully saturated rings. The highest BCUT2D eigenvalue weighted by atomic mass is 79.9. The standard InChI is InChI=1S/C14H9Br2N/c15-10-7-8-3-1-5-11-13(8)14-9(10)4-2-6-12(14)17(11)16/h2,4-7H,1,3H2. The highest BCUT2D eigenvalue weighted by Gasteiger charge is 2.17. The summed E-state index contributed by atoms with van der Waals surface area (Å²) in [5.41, 5.74) is 2.71. The minimum atomic E-state index is 1.12. The molecule has 0 saturated carbocycles. The van der Waals surface area contributed by atoms with Crippen LogP contribution in [0.3, 0.4) is 0 Å². The largest absolute Gasteiger partial charge is 0.276 e. The SMILES string of the molecule is Brc1cc2c3c(n(Br)c4cccc1c34)=CCC2. The number of aromatic nitrogens is 1. The maximum Gasteiger partial charge on any atom is 0.0611 e. The summed E-state index contributed by atoms with van der Waals surface area (Å²) in [4.78, 5) is 0. The molecule has 0 radical (unpaired) electrons. The van der Waals surface area contributed by atoms with Crippen LogP contribution in [0.1, 0.15) is 12.0 Å². The van der Waals surface area contributed by atoms with Crippen LogP contribution < -0.4 is 5.35 Å². The molecule has 2 aromatic carbocycles. The van der Waals surface area contributed by atoms with Gasteiger partial charge in [-0.3, -0.25) is 3.59 Å². The van der Waals surface area contributed by atoms with Gasteiger partial charge in [-0.2, -0.15) is 0 Å². The van der Waals surface area contributed by atoms with E-state index in [-0.39, 0.29) is 0 Å². The molecule has 1 nitrogen and oxygen atoms in total. The smallest absolute Gasteiger partial charge is 0.0611 e. The van der Waals surface area contributed by atoms with Gasteiger partial charge in [0, 0.05) is 15.2 Å². The van der Waals surface area contributed by atoms with Crippen LogP contribution in [0, 0.1) is 0 Å². The van der Waals surface area contributed by atoms with Gasteiger partial charge in [0.1, 0.15) is 0 Å². The molecule has 1 aliphatic rings. The molecule has 3 aromatic rings. The fourth-order valence-electron chi connectivity index (χ4n) is 2.89. The fourth-order valence-corrected chi connectivity index (χ4v) is 4.12. The van der Waals surface area contributed by atoms with Crippen molar-refractivity contribution in [3.05, 3.63) is 39.7 Å². The number of hydrogen-bond donors (Lipinski definition) is 0. The van der Waals surface area contributed by atoms with Gasteiger partial charge < -0.3 is 0 Å². The highest BCUT2D eigenvalue weighted by Crippen LogP contribution is 2.36. The van der Waals surface area contributed by atoms with Crippen molar-refractivity contribution >= 4 is 59.8 Å². The summed E-state index contributed by atoms with van der Waals surface area (Å²) in [5, 5.41) is 5.41. The van der Waals surface area contributed by atoms with Gasteiger partial charge in [0.2, 0.25) is 0 Å². The van der Waals surface area contributed by atoms with Crippen LogP contribution in [-0.4, -0.2) is 3.59 Å². The second kappa shape index (κ2) is 3.36. The number of aryl methyl sites for hydroxylation is 1. The third-order valence-electron chi connectivity index (χ3n) is 3.60. The van der Waals surface area contributed by atoms with Gasteiger partial charge in [-0.1, -0.05) is 34.1 Å². The summed E-state index contributed by atoms with van der Waals surface area (Å²) < 4.78 is 3.34. The molecule has 1 heterocycles. The molecular weight excluding hydrogens is 342 g/mol. The molecule has 0 atom stereocenters. The van der Waals surface area contributed by atoms with Gasteiger partial charge in [-0.25, -0.2) is 0 Å². The van der Waals surface area contributed by atoms with Crippen LogP contribution in [0.25, 0.3) is 27.8 Å². The number of hydrogen-bond acceptors (Lipinski definition) is 0. The highest BCUT2D eigenvalue weighted by molar-refractivity contribution is 9.10. The predicted molar refractivity (Wildman–Crippen MR) is 79.5 cm³/mol. The maximum absolute atomic E-state index is 3.70. The second-order valence-electron chi connectivity index (χ2n) is 4.50. The van der Waals surface area contributed by atoms with E-state index >= 15 is 0 Å². The first kappa shape index (κ1) is 10.2. The molecule has 84 valence electrons. The quantitative estimate of drug-likeness (QED) is 0.573. The molecular formula is C14H9Br2N. The van der Waals surface area contributed by atoms with E-state index in [4.69, 9.17) is 0 Å². The first-order valence-corrected chi connectivity index (χ1v) is 7.18. The number of nitrogens with zero attached hydrogens (tertiary/aromatic N) is 1. The normalized spacial score (nSPS) is 14.5. The van der Waals surface area contributed by atoms with Crippen molar-refractivity contribution in [2.45, 2.75) is 12.8 Å². The first-order chi connectivity index (χ1) is 8.27. The summed E-state index contributed by atoms with van der Waals surface area (Å²) in [7, 11) is 0. The van der Waals surface area contributed by atoms with Gasteiger partial charge in [-0.15, -0.1) is 0 Å². The molecule has 3 heteroatoms. The Morgan fingerprint density at radius 1 is 1.18 bits per heavy atom. The van der Waals surface area contributed by atoms with E-state index in [9.17, 15) is 0 Å². The minimum Gasteiger partial charge on any atom is -0.276 e. The monoisotopic (exact) mass is 349 g/mol. The van der Waals surface area contributed by atoms with Crippen molar-refractivity contribution in [3.63, 3.8) is 0 Å². The third kappa shape index (κ3) is 1.19. The number of halogens is 2. The van der Waals surface area contributed by atoms with Crippen LogP contribution in [0.15, 0.2) is 28.7 Å². The summed E-state index contributed by atoms with van der Waals surface area (Å²) in [6, 6.07) is 8.74. The average Bonchev–Trinajstić information content (AvgIpc) is 2.64. The van der Waals surface area contributed by atoms with E-state index in [1.54, 1.807) is 0 Å². The van der Waals surface area contributed by atoms with Crippen molar-refractivity contribution in [1.82, 2.24) is 3.59 Å². The summed E-state index contributed by atoms with van der Waals surface area (Å²) >= 11 is 7.38. The van der Waals surface area contributed by atoms with Crippen molar-refractivity contribution < 1.29 is 0 Å². The van der Waals surface area contributed by atoms with Crippen LogP contribution >= 0.6 is 32.1 Å². The second-order valence-corrected chi connectivity index (χ2v) is 6.06. The summed E-state index contributed by atoms with van der Waals surface area (Å²) in [6.07, 6.45) is 4.59. The van der Waals surface area contributed by atoms with E-state index in [0.717, 1.165) is 12.8 Å². The lowest BCUT2D eigenvalue weighted by atomic mass is 9.96. The Hall–Kier alpha value is -0.800. The van der Waals surface area contributed by atoms with Crippen LogP contribution in [0.5, 0.6) is 0 Å². The molecule has 0 spiro atoms. The van der Waals surface area contributed by atoms with Crippen LogP contribution in [-0.2, 0) is 6.42 Å². The van der Waals surface area contributed by atoms with Crippen LogP contribution in [0.2, 0.25) is 0 Å². The lowest BCUT2D eigenvalue weighted by Gasteiger charge is -2.09. The molecule has 0 saturated heterocycles. The van der Waals surface area contributed by atoms with E-state index in [1.165, 1.54) is 37.1 Å². The van der Waals surface area contributed by atoms with Gasteiger partial charge in [0.05, 0.1) is 27.0 Å². The van der Waals surface area contributed by atoms with Crippen molar-refractivity contribution in [2.75, 3.05) is 0 Å². The van der Waals surface area contributed by atoms with E-state index in [2.05, 4.69) is 66.0 Å². The zero-order chi connectivity index (χ0) is 11.6. The molecule has 0 unspecified atom stereocenters. The Morgan fingerprint density at radius 2 is 2.06 bits per heavy atom. The summed E-state index contributed by atoms with van der Waals surface area (Å²) in [5.74, 6) is 0. The Kier molecular flexibility index (Phi) is 2.01. The minimum absolute atomic E-state index is 1.12. The first-order valence-electron chi connectivity index (χ1n) is 5.68. The Balaban J connectivity index is 2.49. The van der Waals surface area contributed by atoms with Crippen molar-refractivity contribution in [1.29, 1.82) is 0 Å². The number of rotatable bonds is 0. The van der Waals surface area contributed by atoms with Crippen molar-refractivity contribution in [3.8, 4) is 0 Å². The lowest BCUT2D eigenvalue weighted by Crippen LogP contribution is -2.12. The molecule has 0 aliphatic heterocycles. The molecule has 0 bridgehead atoms. The molecule has 1 aromatic heterocycles. The van der Waals surface area contributed by atoms with E-state index < -0.39 is 0 Å². The predicted octanol–water partition coefficient (Wildman–Crippen LogP) is 4.16. The topological polar surface area (TPSA) is 4.93 Å². The molecule has 17 heavy (non-hydrogen) atoms. The Bertz CT molecular complexity index is 814. The lowest BCUT2D eigenvalue weighted by molar-refractivity contribution is 1.02. The number of benzene rings is 2. The van der Waals surface area contributed by atoms with Crippen molar-refractivity contribution in [2.24, 2.45) is 0 Å². The zero-order valence-electron chi connectivity index (χ0n) is 9.00. The maximum atomic E-state index is 3.70. The molecule has 0 amide bonds. The summed E-state index contributed by atoms with van der Waals surface area (Å²) in [6.45, 7) is 0. The Morgan fingerprint density at radius 3 is 2.94 bits per heavy atom. The van der Waals surface area contributed by atoms with E-state index in [1.807, 2.05) is 0 Å². The average molecular weight is 351 g/mol. The van der Waals surface area contributed by atoms with Gasteiger partial charge in [0.25, 0.3) is 0 Å². The van der Waals surface area contributed by atoms with E-state index in [0.29, 0.717) is 0 Å². The molecule has 0 N–H and O–H groups in total. The fraction of sp³-hybridized carbons (Fsp3) is 0.143. The third-order valence-corrected chi connectivity index (χ3v) is 5.02. The zero-order valence-corrected chi connectivity index (χ0v) is 12.2. The molecule has 4 rings (SSSR count). The Labute approximate surface area is 116 Å². The van der Waals surface area contributed by atoms with Gasteiger partial charge in [-0.05, 0) is 35.9 Å². The van der Waals surface area contributed by atoms with Crippen LogP contribution in [0.4, 0.5) is 0 Å².